The number of nitrogens with two attached hydrogens (primary N) is 1. The third-order valence-corrected chi connectivity index (χ3v) is 4.89. The SMILES string of the molecule is NC(=O)c1ccc(-n2ccnc2-c2cnsc2)cc1N1CCCC1. The maximum Gasteiger partial charge on any atom is 0.250 e. The van der Waals surface area contributed by atoms with Gasteiger partial charge in [-0.05, 0) is 42.6 Å². The van der Waals surface area contributed by atoms with Gasteiger partial charge in [-0.2, -0.15) is 0 Å². The van der Waals surface area contributed by atoms with Crippen molar-refractivity contribution in [1.29, 1.82) is 0 Å². The lowest BCUT2D eigenvalue weighted by Crippen LogP contribution is -2.23. The summed E-state index contributed by atoms with van der Waals surface area (Å²) >= 11 is 1.40. The van der Waals surface area contributed by atoms with Crippen molar-refractivity contribution in [3.63, 3.8) is 0 Å². The molecule has 1 aliphatic rings. The molecule has 3 heterocycles. The van der Waals surface area contributed by atoms with Gasteiger partial charge in [0.15, 0.2) is 0 Å². The van der Waals surface area contributed by atoms with E-state index in [9.17, 15) is 4.79 Å². The van der Waals surface area contributed by atoms with Gasteiger partial charge in [0.2, 0.25) is 0 Å². The van der Waals surface area contributed by atoms with Gasteiger partial charge in [-0.1, -0.05) is 0 Å². The van der Waals surface area contributed by atoms with E-state index in [0.717, 1.165) is 48.7 Å². The van der Waals surface area contributed by atoms with E-state index in [-0.39, 0.29) is 0 Å². The zero-order valence-electron chi connectivity index (χ0n) is 13.1. The van der Waals surface area contributed by atoms with Gasteiger partial charge in [0.25, 0.3) is 5.91 Å². The molecule has 24 heavy (non-hydrogen) atoms. The van der Waals surface area contributed by atoms with Crippen molar-refractivity contribution in [2.45, 2.75) is 12.8 Å². The normalized spacial score (nSPS) is 14.2. The molecule has 1 aromatic carbocycles. The predicted octanol–water partition coefficient (Wildman–Crippen LogP) is 2.69. The fraction of sp³-hybridized carbons (Fsp3) is 0.235. The van der Waals surface area contributed by atoms with E-state index in [1.807, 2.05) is 34.5 Å². The van der Waals surface area contributed by atoms with E-state index in [0.29, 0.717) is 5.56 Å². The first-order valence-electron chi connectivity index (χ1n) is 7.86. The first-order chi connectivity index (χ1) is 11.7. The average Bonchev–Trinajstić information content (AvgIpc) is 3.35. The van der Waals surface area contributed by atoms with E-state index in [1.54, 1.807) is 12.3 Å². The average molecular weight is 339 g/mol. The van der Waals surface area contributed by atoms with Gasteiger partial charge in [-0.15, -0.1) is 0 Å². The highest BCUT2D eigenvalue weighted by Crippen LogP contribution is 2.29. The molecule has 3 aromatic rings. The van der Waals surface area contributed by atoms with Crippen molar-refractivity contribution >= 4 is 23.1 Å². The van der Waals surface area contributed by atoms with Crippen LogP contribution in [0.25, 0.3) is 17.1 Å². The molecule has 0 atom stereocenters. The van der Waals surface area contributed by atoms with E-state index >= 15 is 0 Å². The van der Waals surface area contributed by atoms with Crippen LogP contribution < -0.4 is 10.6 Å². The van der Waals surface area contributed by atoms with Crippen LogP contribution in [0.15, 0.2) is 42.2 Å². The predicted molar refractivity (Wildman–Crippen MR) is 94.6 cm³/mol. The second kappa shape index (κ2) is 6.09. The molecule has 0 aliphatic carbocycles. The molecule has 1 fully saturated rings. The number of anilines is 1. The van der Waals surface area contributed by atoms with Crippen LogP contribution in [0.3, 0.4) is 0 Å². The zero-order chi connectivity index (χ0) is 16.5. The molecule has 0 spiro atoms. The fourth-order valence-electron chi connectivity index (χ4n) is 3.14. The Labute approximate surface area is 143 Å². The minimum absolute atomic E-state index is 0.392. The summed E-state index contributed by atoms with van der Waals surface area (Å²) in [5.74, 6) is 0.444. The number of imidazole rings is 1. The standard InChI is InChI=1S/C17H17N5OS/c18-16(23)14-4-3-13(9-15(14)21-6-1-2-7-21)22-8-5-19-17(22)12-10-20-24-11-12/h3-5,8-11H,1-2,6-7H2,(H2,18,23). The summed E-state index contributed by atoms with van der Waals surface area (Å²) in [6, 6.07) is 5.74. The lowest BCUT2D eigenvalue weighted by molar-refractivity contribution is 0.100. The van der Waals surface area contributed by atoms with Gasteiger partial charge < -0.3 is 10.6 Å². The molecule has 7 heteroatoms. The maximum absolute atomic E-state index is 11.8. The van der Waals surface area contributed by atoms with E-state index in [4.69, 9.17) is 5.73 Å². The van der Waals surface area contributed by atoms with Crippen molar-refractivity contribution in [2.75, 3.05) is 18.0 Å². The van der Waals surface area contributed by atoms with Crippen molar-refractivity contribution in [1.82, 2.24) is 13.9 Å². The zero-order valence-corrected chi connectivity index (χ0v) is 13.9. The van der Waals surface area contributed by atoms with Gasteiger partial charge in [-0.25, -0.2) is 9.36 Å². The van der Waals surface area contributed by atoms with Gasteiger partial charge in [0.05, 0.1) is 17.4 Å². The quantitative estimate of drug-likeness (QED) is 0.793. The number of carbonyl (C=O) groups is 1. The summed E-state index contributed by atoms with van der Waals surface area (Å²) < 4.78 is 6.16. The fourth-order valence-corrected chi connectivity index (χ4v) is 3.65. The summed E-state index contributed by atoms with van der Waals surface area (Å²) in [4.78, 5) is 18.5. The third-order valence-electron chi connectivity index (χ3n) is 4.30. The monoisotopic (exact) mass is 339 g/mol. The third kappa shape index (κ3) is 2.56. The van der Waals surface area contributed by atoms with Crippen LogP contribution in [0, 0.1) is 0 Å². The topological polar surface area (TPSA) is 77.0 Å². The van der Waals surface area contributed by atoms with Gasteiger partial charge in [-0.3, -0.25) is 9.36 Å². The van der Waals surface area contributed by atoms with Crippen LogP contribution in [-0.2, 0) is 0 Å². The number of hydrogen-bond acceptors (Lipinski definition) is 5. The highest BCUT2D eigenvalue weighted by molar-refractivity contribution is 7.03. The molecular weight excluding hydrogens is 322 g/mol. The van der Waals surface area contributed by atoms with Crippen molar-refractivity contribution < 1.29 is 4.79 Å². The maximum atomic E-state index is 11.8. The Morgan fingerprint density at radius 1 is 1.25 bits per heavy atom. The van der Waals surface area contributed by atoms with Crippen LogP contribution in [-0.4, -0.2) is 32.9 Å². The second-order valence-corrected chi connectivity index (χ2v) is 6.45. The molecule has 4 rings (SSSR count). The van der Waals surface area contributed by atoms with E-state index in [1.165, 1.54) is 11.5 Å². The smallest absolute Gasteiger partial charge is 0.250 e. The summed E-state index contributed by atoms with van der Waals surface area (Å²) in [6.07, 6.45) is 7.77. The Balaban J connectivity index is 1.81. The Hall–Kier alpha value is -2.67. The molecule has 1 aliphatic heterocycles. The summed E-state index contributed by atoms with van der Waals surface area (Å²) in [6.45, 7) is 1.91. The van der Waals surface area contributed by atoms with Crippen LogP contribution in [0.4, 0.5) is 5.69 Å². The Morgan fingerprint density at radius 2 is 2.08 bits per heavy atom. The molecule has 0 unspecified atom stereocenters. The molecule has 1 saturated heterocycles. The molecule has 1 amide bonds. The highest BCUT2D eigenvalue weighted by atomic mass is 32.1. The number of carbonyl (C=O) groups excluding carboxylic acids is 1. The number of benzene rings is 1. The summed E-state index contributed by atoms with van der Waals surface area (Å²) in [5.41, 5.74) is 8.98. The highest BCUT2D eigenvalue weighted by Gasteiger charge is 2.20. The summed E-state index contributed by atoms with van der Waals surface area (Å²) in [7, 11) is 0. The minimum Gasteiger partial charge on any atom is -0.371 e. The largest absolute Gasteiger partial charge is 0.371 e. The van der Waals surface area contributed by atoms with Crippen molar-refractivity contribution in [2.24, 2.45) is 5.73 Å². The Morgan fingerprint density at radius 3 is 2.79 bits per heavy atom. The molecule has 2 N–H and O–H groups in total. The van der Waals surface area contributed by atoms with Gasteiger partial charge in [0, 0.05) is 42.1 Å². The van der Waals surface area contributed by atoms with Gasteiger partial charge in [0.1, 0.15) is 5.82 Å². The Bertz CT molecular complexity index is 865. The number of rotatable bonds is 4. The lowest BCUT2D eigenvalue weighted by Gasteiger charge is -2.21. The van der Waals surface area contributed by atoms with Crippen LogP contribution >= 0.6 is 11.5 Å². The van der Waals surface area contributed by atoms with Gasteiger partial charge >= 0.3 is 0 Å². The number of hydrogen-bond donors (Lipinski definition) is 1. The van der Waals surface area contributed by atoms with Crippen molar-refractivity contribution in [3.05, 3.63) is 47.7 Å². The lowest BCUT2D eigenvalue weighted by atomic mass is 10.1. The molecule has 0 saturated carbocycles. The number of amides is 1. The molecule has 2 aromatic heterocycles. The van der Waals surface area contributed by atoms with Crippen LogP contribution in [0.5, 0.6) is 0 Å². The molecule has 6 nitrogen and oxygen atoms in total. The van der Waals surface area contributed by atoms with Crippen LogP contribution in [0.2, 0.25) is 0 Å². The first-order valence-corrected chi connectivity index (χ1v) is 8.70. The number of primary amides is 1. The molecule has 122 valence electrons. The number of nitrogens with zero attached hydrogens (tertiary/aromatic N) is 4. The van der Waals surface area contributed by atoms with E-state index < -0.39 is 5.91 Å². The molecule has 0 bridgehead atoms. The minimum atomic E-state index is -0.392. The summed E-state index contributed by atoms with van der Waals surface area (Å²) in [5, 5.41) is 1.97. The van der Waals surface area contributed by atoms with Crippen LogP contribution in [0.1, 0.15) is 23.2 Å². The molecular formula is C17H17N5OS. The first kappa shape index (κ1) is 14.9. The second-order valence-electron chi connectivity index (χ2n) is 5.79. The Kier molecular flexibility index (Phi) is 3.78. The van der Waals surface area contributed by atoms with Crippen molar-refractivity contribution in [3.8, 4) is 17.1 Å². The molecule has 0 radical (unpaired) electrons. The number of aromatic nitrogens is 3. The van der Waals surface area contributed by atoms with E-state index in [2.05, 4.69) is 14.3 Å².